The highest BCUT2D eigenvalue weighted by Gasteiger charge is 2.20. The van der Waals surface area contributed by atoms with Gasteiger partial charge in [0.15, 0.2) is 0 Å². The summed E-state index contributed by atoms with van der Waals surface area (Å²) in [6.07, 6.45) is 0. The van der Waals surface area contributed by atoms with E-state index in [4.69, 9.17) is 16.3 Å². The molecule has 4 rings (SSSR count). The highest BCUT2D eigenvalue weighted by atomic mass is 35.5. The standard InChI is InChI=1S/C24H21ClN4O3S/c1-16-26-21(17-7-4-3-5-8-17)15-24(27-16)28-19-9-6-10-20(14-19)29-33(30,31)23-13-18(25)11-12-22(23)32-2/h3-15,29H,1-2H3,(H,26,27,28). The summed E-state index contributed by atoms with van der Waals surface area (Å²) in [5, 5.41) is 3.51. The van der Waals surface area contributed by atoms with E-state index in [-0.39, 0.29) is 10.6 Å². The van der Waals surface area contributed by atoms with Crippen molar-refractivity contribution in [1.29, 1.82) is 0 Å². The van der Waals surface area contributed by atoms with Gasteiger partial charge in [-0.1, -0.05) is 48.0 Å². The normalized spacial score (nSPS) is 11.1. The zero-order valence-corrected chi connectivity index (χ0v) is 19.5. The number of nitrogens with one attached hydrogen (secondary N) is 2. The molecular formula is C24H21ClN4O3S. The molecule has 0 aliphatic carbocycles. The average molecular weight is 481 g/mol. The van der Waals surface area contributed by atoms with Gasteiger partial charge in [0.2, 0.25) is 0 Å². The maximum absolute atomic E-state index is 13.0. The van der Waals surface area contributed by atoms with E-state index in [0.29, 0.717) is 28.0 Å². The first kappa shape index (κ1) is 22.6. The van der Waals surface area contributed by atoms with Crippen molar-refractivity contribution in [3.63, 3.8) is 0 Å². The molecule has 0 unspecified atom stereocenters. The minimum atomic E-state index is -3.93. The topological polar surface area (TPSA) is 93.2 Å². The number of aromatic nitrogens is 2. The van der Waals surface area contributed by atoms with Crippen LogP contribution in [0, 0.1) is 6.92 Å². The van der Waals surface area contributed by atoms with E-state index < -0.39 is 10.0 Å². The number of anilines is 3. The Kier molecular flexibility index (Phi) is 6.48. The number of benzene rings is 3. The SMILES string of the molecule is COc1ccc(Cl)cc1S(=O)(=O)Nc1cccc(Nc2cc(-c3ccccc3)nc(C)n2)c1. The molecule has 0 radical (unpaired) electrons. The average Bonchev–Trinajstić information content (AvgIpc) is 2.79. The predicted octanol–water partition coefficient (Wildman–Crippen LogP) is 5.66. The molecule has 0 bridgehead atoms. The number of ether oxygens (including phenoxy) is 1. The summed E-state index contributed by atoms with van der Waals surface area (Å²) in [6, 6.07) is 22.9. The molecule has 1 heterocycles. The Labute approximate surface area is 197 Å². The lowest BCUT2D eigenvalue weighted by atomic mass is 10.1. The molecule has 0 atom stereocenters. The zero-order valence-electron chi connectivity index (χ0n) is 17.9. The van der Waals surface area contributed by atoms with Crippen molar-refractivity contribution in [3.05, 3.63) is 89.7 Å². The second-order valence-corrected chi connectivity index (χ2v) is 9.25. The van der Waals surface area contributed by atoms with Crippen molar-refractivity contribution in [2.45, 2.75) is 11.8 Å². The van der Waals surface area contributed by atoms with Crippen LogP contribution in [0.5, 0.6) is 5.75 Å². The summed E-state index contributed by atoms with van der Waals surface area (Å²) in [6.45, 7) is 1.82. The summed E-state index contributed by atoms with van der Waals surface area (Å²) >= 11 is 6.00. The summed E-state index contributed by atoms with van der Waals surface area (Å²) in [7, 11) is -2.53. The van der Waals surface area contributed by atoms with E-state index in [0.717, 1.165) is 11.3 Å². The minimum absolute atomic E-state index is 0.0465. The van der Waals surface area contributed by atoms with Crippen LogP contribution in [0.3, 0.4) is 0 Å². The number of methoxy groups -OCH3 is 1. The third-order valence-corrected chi connectivity index (χ3v) is 6.35. The second kappa shape index (κ2) is 9.48. The maximum Gasteiger partial charge on any atom is 0.265 e. The summed E-state index contributed by atoms with van der Waals surface area (Å²) in [5.74, 6) is 1.41. The van der Waals surface area contributed by atoms with Crippen molar-refractivity contribution in [2.24, 2.45) is 0 Å². The fourth-order valence-electron chi connectivity index (χ4n) is 3.27. The number of sulfonamides is 1. The second-order valence-electron chi connectivity index (χ2n) is 7.16. The number of nitrogens with zero attached hydrogens (tertiary/aromatic N) is 2. The van der Waals surface area contributed by atoms with Gasteiger partial charge < -0.3 is 10.1 Å². The van der Waals surface area contributed by atoms with Gasteiger partial charge in [0.05, 0.1) is 18.5 Å². The highest BCUT2D eigenvalue weighted by molar-refractivity contribution is 7.92. The molecule has 3 aromatic carbocycles. The van der Waals surface area contributed by atoms with Crippen LogP contribution >= 0.6 is 11.6 Å². The van der Waals surface area contributed by atoms with Crippen LogP contribution < -0.4 is 14.8 Å². The fraction of sp³-hybridized carbons (Fsp3) is 0.0833. The summed E-state index contributed by atoms with van der Waals surface area (Å²) < 4.78 is 33.7. The van der Waals surface area contributed by atoms with Gasteiger partial charge in [-0.25, -0.2) is 18.4 Å². The lowest BCUT2D eigenvalue weighted by molar-refractivity contribution is 0.403. The molecule has 0 saturated heterocycles. The smallest absolute Gasteiger partial charge is 0.265 e. The Bertz CT molecular complexity index is 1400. The number of aryl methyl sites for hydroxylation is 1. The van der Waals surface area contributed by atoms with Gasteiger partial charge in [-0.3, -0.25) is 4.72 Å². The lowest BCUT2D eigenvalue weighted by Gasteiger charge is -2.13. The number of halogens is 1. The third kappa shape index (κ3) is 5.42. The molecule has 0 amide bonds. The molecule has 4 aromatic rings. The monoisotopic (exact) mass is 480 g/mol. The minimum Gasteiger partial charge on any atom is -0.495 e. The maximum atomic E-state index is 13.0. The first-order valence-electron chi connectivity index (χ1n) is 9.98. The van der Waals surface area contributed by atoms with Crippen LogP contribution in [0.25, 0.3) is 11.3 Å². The Morgan fingerprint density at radius 2 is 1.64 bits per heavy atom. The van der Waals surface area contributed by atoms with Crippen molar-refractivity contribution in [3.8, 4) is 17.0 Å². The van der Waals surface area contributed by atoms with Crippen molar-refractivity contribution in [1.82, 2.24) is 9.97 Å². The molecule has 2 N–H and O–H groups in total. The summed E-state index contributed by atoms with van der Waals surface area (Å²) in [5.41, 5.74) is 2.79. The molecule has 168 valence electrons. The Balaban J connectivity index is 1.60. The number of rotatable bonds is 7. The lowest BCUT2D eigenvalue weighted by Crippen LogP contribution is -2.14. The molecule has 0 spiro atoms. The van der Waals surface area contributed by atoms with Crippen molar-refractivity contribution >= 4 is 38.8 Å². The third-order valence-electron chi connectivity index (χ3n) is 4.71. The van der Waals surface area contributed by atoms with Crippen LogP contribution in [0.2, 0.25) is 5.02 Å². The van der Waals surface area contributed by atoms with Crippen LogP contribution in [0.15, 0.2) is 83.8 Å². The molecular weight excluding hydrogens is 460 g/mol. The van der Waals surface area contributed by atoms with Crippen molar-refractivity contribution in [2.75, 3.05) is 17.1 Å². The van der Waals surface area contributed by atoms with E-state index in [2.05, 4.69) is 20.0 Å². The first-order valence-corrected chi connectivity index (χ1v) is 11.8. The van der Waals surface area contributed by atoms with Gasteiger partial charge in [0, 0.05) is 22.3 Å². The largest absolute Gasteiger partial charge is 0.495 e. The molecule has 1 aromatic heterocycles. The van der Waals surface area contributed by atoms with E-state index in [1.54, 1.807) is 24.3 Å². The summed E-state index contributed by atoms with van der Waals surface area (Å²) in [4.78, 5) is 8.90. The van der Waals surface area contributed by atoms with Crippen LogP contribution in [0.4, 0.5) is 17.2 Å². The van der Waals surface area contributed by atoms with Crippen LogP contribution in [0.1, 0.15) is 5.82 Å². The van der Waals surface area contributed by atoms with Gasteiger partial charge in [-0.2, -0.15) is 0 Å². The van der Waals surface area contributed by atoms with Crippen LogP contribution in [-0.4, -0.2) is 25.5 Å². The molecule has 7 nitrogen and oxygen atoms in total. The van der Waals surface area contributed by atoms with E-state index in [1.807, 2.05) is 49.4 Å². The molecule has 0 aliphatic heterocycles. The van der Waals surface area contributed by atoms with Crippen molar-refractivity contribution < 1.29 is 13.2 Å². The van der Waals surface area contributed by atoms with E-state index in [1.165, 1.54) is 19.2 Å². The van der Waals surface area contributed by atoms with Gasteiger partial charge >= 0.3 is 0 Å². The first-order chi connectivity index (χ1) is 15.8. The predicted molar refractivity (Wildman–Crippen MR) is 131 cm³/mol. The zero-order chi connectivity index (χ0) is 23.4. The van der Waals surface area contributed by atoms with E-state index >= 15 is 0 Å². The van der Waals surface area contributed by atoms with Gasteiger partial charge in [0.25, 0.3) is 10.0 Å². The quantitative estimate of drug-likeness (QED) is 0.354. The fourth-order valence-corrected chi connectivity index (χ4v) is 4.75. The number of hydrogen-bond donors (Lipinski definition) is 2. The van der Waals surface area contributed by atoms with Gasteiger partial charge in [-0.15, -0.1) is 0 Å². The van der Waals surface area contributed by atoms with Crippen LogP contribution in [-0.2, 0) is 10.0 Å². The number of hydrogen-bond acceptors (Lipinski definition) is 6. The van der Waals surface area contributed by atoms with E-state index in [9.17, 15) is 8.42 Å². The molecule has 33 heavy (non-hydrogen) atoms. The Morgan fingerprint density at radius 3 is 2.39 bits per heavy atom. The van der Waals surface area contributed by atoms with Gasteiger partial charge in [-0.05, 0) is 43.3 Å². The highest BCUT2D eigenvalue weighted by Crippen LogP contribution is 2.30. The molecule has 0 saturated carbocycles. The Morgan fingerprint density at radius 1 is 0.879 bits per heavy atom. The molecule has 0 aliphatic rings. The molecule has 0 fully saturated rings. The molecule has 9 heteroatoms. The van der Waals surface area contributed by atoms with Gasteiger partial charge in [0.1, 0.15) is 22.3 Å². The Hall–Kier alpha value is -3.62.